The Labute approximate surface area is 117 Å². The second-order valence-corrected chi connectivity index (χ2v) is 4.81. The largest absolute Gasteiger partial charge is 0.373 e. The number of hydrogen-bond acceptors (Lipinski definition) is 3. The van der Waals surface area contributed by atoms with Crippen LogP contribution in [0.5, 0.6) is 0 Å². The highest BCUT2D eigenvalue weighted by Gasteiger charge is 2.20. The zero-order valence-corrected chi connectivity index (χ0v) is 11.5. The van der Waals surface area contributed by atoms with E-state index in [4.69, 9.17) is 0 Å². The number of aliphatic hydroxyl groups excluding tert-OH is 1. The number of ketones is 1. The zero-order chi connectivity index (χ0) is 14.7. The van der Waals surface area contributed by atoms with Gasteiger partial charge in [-0.3, -0.25) is 9.59 Å². The zero-order valence-electron chi connectivity index (χ0n) is 11.5. The summed E-state index contributed by atoms with van der Waals surface area (Å²) in [5, 5.41) is 10.3. The molecule has 104 valence electrons. The van der Waals surface area contributed by atoms with E-state index in [2.05, 4.69) is 0 Å². The number of aliphatic hydroxyl groups is 1. The Morgan fingerprint density at radius 3 is 2.55 bits per heavy atom. The van der Waals surface area contributed by atoms with Crippen molar-refractivity contribution in [2.45, 2.75) is 26.5 Å². The van der Waals surface area contributed by atoms with E-state index < -0.39 is 6.23 Å². The summed E-state index contributed by atoms with van der Waals surface area (Å²) in [5.74, 6) is -0.164. The molecule has 20 heavy (non-hydrogen) atoms. The molecule has 1 unspecified atom stereocenters. The van der Waals surface area contributed by atoms with E-state index in [-0.39, 0.29) is 5.78 Å². The molecule has 2 rings (SSSR count). The normalized spacial score (nSPS) is 12.2. The molecule has 1 aromatic carbocycles. The fourth-order valence-electron chi connectivity index (χ4n) is 2.36. The van der Waals surface area contributed by atoms with Gasteiger partial charge >= 0.3 is 0 Å². The molecule has 1 heterocycles. The monoisotopic (exact) mass is 271 g/mol. The van der Waals surface area contributed by atoms with Gasteiger partial charge < -0.3 is 9.67 Å². The van der Waals surface area contributed by atoms with Crippen LogP contribution in [0.4, 0.5) is 0 Å². The third-order valence-corrected chi connectivity index (χ3v) is 3.37. The van der Waals surface area contributed by atoms with Crippen LogP contribution in [0.2, 0.25) is 0 Å². The maximum atomic E-state index is 11.7. The summed E-state index contributed by atoms with van der Waals surface area (Å²) >= 11 is 0. The molecule has 4 nitrogen and oxygen atoms in total. The summed E-state index contributed by atoms with van der Waals surface area (Å²) in [7, 11) is 0. The molecule has 0 aliphatic rings. The van der Waals surface area contributed by atoms with E-state index in [0.29, 0.717) is 29.5 Å². The molecular formula is C16H17NO3. The van der Waals surface area contributed by atoms with Gasteiger partial charge in [0.25, 0.3) is 0 Å². The SMILES string of the molecule is CC(=O)c1c(C)c(C=O)cn1C(O)Cc1ccccc1. The van der Waals surface area contributed by atoms with Crippen LogP contribution >= 0.6 is 0 Å². The molecule has 4 heteroatoms. The van der Waals surface area contributed by atoms with Crippen molar-refractivity contribution in [1.29, 1.82) is 0 Å². The summed E-state index contributed by atoms with van der Waals surface area (Å²) in [5.41, 5.74) is 2.39. The first-order chi connectivity index (χ1) is 9.54. The van der Waals surface area contributed by atoms with E-state index in [9.17, 15) is 14.7 Å². The lowest BCUT2D eigenvalue weighted by molar-refractivity contribution is 0.0887. The van der Waals surface area contributed by atoms with Crippen molar-refractivity contribution in [1.82, 2.24) is 4.57 Å². The third-order valence-electron chi connectivity index (χ3n) is 3.37. The second-order valence-electron chi connectivity index (χ2n) is 4.81. The molecular weight excluding hydrogens is 254 g/mol. The second kappa shape index (κ2) is 5.84. The van der Waals surface area contributed by atoms with Gasteiger partial charge in [0.2, 0.25) is 0 Å². The third kappa shape index (κ3) is 2.70. The van der Waals surface area contributed by atoms with Crippen molar-refractivity contribution in [2.24, 2.45) is 0 Å². The number of Topliss-reactive ketones (excluding diaryl/α,β-unsaturated/α-hetero) is 1. The Morgan fingerprint density at radius 2 is 2.00 bits per heavy atom. The predicted octanol–water partition coefficient (Wildman–Crippen LogP) is 2.55. The average molecular weight is 271 g/mol. The lowest BCUT2D eigenvalue weighted by atomic mass is 10.1. The molecule has 1 atom stereocenters. The van der Waals surface area contributed by atoms with E-state index in [1.165, 1.54) is 17.7 Å². The molecule has 0 saturated carbocycles. The molecule has 0 aliphatic carbocycles. The minimum atomic E-state index is -0.872. The van der Waals surface area contributed by atoms with Crippen LogP contribution in [-0.2, 0) is 6.42 Å². The highest BCUT2D eigenvalue weighted by Crippen LogP contribution is 2.22. The molecule has 0 saturated heterocycles. The quantitative estimate of drug-likeness (QED) is 0.671. The lowest BCUT2D eigenvalue weighted by Crippen LogP contribution is -2.15. The minimum Gasteiger partial charge on any atom is -0.373 e. The first kappa shape index (κ1) is 14.2. The van der Waals surface area contributed by atoms with Crippen LogP contribution in [0.15, 0.2) is 36.5 Å². The molecule has 0 spiro atoms. The van der Waals surface area contributed by atoms with Crippen molar-refractivity contribution in [3.63, 3.8) is 0 Å². The number of carbonyl (C=O) groups is 2. The summed E-state index contributed by atoms with van der Waals surface area (Å²) in [4.78, 5) is 22.7. The van der Waals surface area contributed by atoms with Crippen molar-refractivity contribution in [3.05, 3.63) is 58.9 Å². The van der Waals surface area contributed by atoms with Crippen molar-refractivity contribution >= 4 is 12.1 Å². The number of aldehydes is 1. The number of aromatic nitrogens is 1. The summed E-state index contributed by atoms with van der Waals surface area (Å²) < 4.78 is 1.48. The summed E-state index contributed by atoms with van der Waals surface area (Å²) in [6.45, 7) is 3.15. The van der Waals surface area contributed by atoms with Crippen LogP contribution < -0.4 is 0 Å². The van der Waals surface area contributed by atoms with Crippen LogP contribution in [0.25, 0.3) is 0 Å². The Bertz CT molecular complexity index is 629. The van der Waals surface area contributed by atoms with Crippen LogP contribution in [0, 0.1) is 6.92 Å². The maximum Gasteiger partial charge on any atom is 0.176 e. The van der Waals surface area contributed by atoms with Gasteiger partial charge in [-0.25, -0.2) is 0 Å². The van der Waals surface area contributed by atoms with Gasteiger partial charge in [-0.2, -0.15) is 0 Å². The van der Waals surface area contributed by atoms with Gasteiger partial charge in [0.15, 0.2) is 12.1 Å². The van der Waals surface area contributed by atoms with Gasteiger partial charge in [0.1, 0.15) is 6.23 Å². The molecule has 0 fully saturated rings. The Hall–Kier alpha value is -2.20. The number of rotatable bonds is 5. The fraction of sp³-hybridized carbons (Fsp3) is 0.250. The fourth-order valence-corrected chi connectivity index (χ4v) is 2.36. The first-order valence-electron chi connectivity index (χ1n) is 6.44. The van der Waals surface area contributed by atoms with Gasteiger partial charge in [0.05, 0.1) is 5.69 Å². The molecule has 2 aromatic rings. The molecule has 1 N–H and O–H groups in total. The van der Waals surface area contributed by atoms with E-state index in [1.54, 1.807) is 6.92 Å². The van der Waals surface area contributed by atoms with E-state index in [1.807, 2.05) is 30.3 Å². The van der Waals surface area contributed by atoms with Gasteiger partial charge in [-0.15, -0.1) is 0 Å². The Kier molecular flexibility index (Phi) is 4.15. The van der Waals surface area contributed by atoms with Crippen LogP contribution in [0.1, 0.15) is 45.1 Å². The van der Waals surface area contributed by atoms with Crippen LogP contribution in [0.3, 0.4) is 0 Å². The number of benzene rings is 1. The molecule has 0 amide bonds. The van der Waals surface area contributed by atoms with Gasteiger partial charge in [-0.05, 0) is 18.1 Å². The molecule has 0 bridgehead atoms. The number of hydrogen-bond donors (Lipinski definition) is 1. The summed E-state index contributed by atoms with van der Waals surface area (Å²) in [6, 6.07) is 9.51. The average Bonchev–Trinajstić information content (AvgIpc) is 2.77. The Morgan fingerprint density at radius 1 is 1.35 bits per heavy atom. The maximum absolute atomic E-state index is 11.7. The number of nitrogens with zero attached hydrogens (tertiary/aromatic N) is 1. The van der Waals surface area contributed by atoms with Crippen molar-refractivity contribution < 1.29 is 14.7 Å². The van der Waals surface area contributed by atoms with Crippen molar-refractivity contribution in [2.75, 3.05) is 0 Å². The Balaban J connectivity index is 2.36. The molecule has 0 radical (unpaired) electrons. The molecule has 0 aliphatic heterocycles. The smallest absolute Gasteiger partial charge is 0.176 e. The highest BCUT2D eigenvalue weighted by molar-refractivity contribution is 5.96. The van der Waals surface area contributed by atoms with Crippen molar-refractivity contribution in [3.8, 4) is 0 Å². The topological polar surface area (TPSA) is 59.3 Å². The first-order valence-corrected chi connectivity index (χ1v) is 6.44. The van der Waals surface area contributed by atoms with Gasteiger partial charge in [0, 0.05) is 25.1 Å². The lowest BCUT2D eigenvalue weighted by Gasteiger charge is -2.15. The van der Waals surface area contributed by atoms with Gasteiger partial charge in [-0.1, -0.05) is 30.3 Å². The van der Waals surface area contributed by atoms with E-state index >= 15 is 0 Å². The minimum absolute atomic E-state index is 0.164. The standard InChI is InChI=1S/C16H17NO3/c1-11-14(10-18)9-17(16(11)12(2)19)15(20)8-13-6-4-3-5-7-13/h3-7,9-10,15,20H,8H2,1-2H3. The molecule has 1 aromatic heterocycles. The highest BCUT2D eigenvalue weighted by atomic mass is 16.3. The van der Waals surface area contributed by atoms with E-state index in [0.717, 1.165) is 5.56 Å². The van der Waals surface area contributed by atoms with Crippen LogP contribution in [-0.4, -0.2) is 21.7 Å². The number of carbonyl (C=O) groups excluding carboxylic acids is 2. The summed E-state index contributed by atoms with van der Waals surface area (Å²) in [6.07, 6.45) is 1.75. The predicted molar refractivity (Wildman–Crippen MR) is 76.0 cm³/mol.